The molecule has 0 bridgehead atoms. The van der Waals surface area contributed by atoms with Crippen LogP contribution in [-0.4, -0.2) is 37.0 Å². The average Bonchev–Trinajstić information content (AvgIpc) is 3.16. The highest BCUT2D eigenvalue weighted by Crippen LogP contribution is 2.45. The van der Waals surface area contributed by atoms with Crippen molar-refractivity contribution in [2.75, 3.05) is 11.6 Å². The van der Waals surface area contributed by atoms with Crippen molar-refractivity contribution in [2.45, 2.75) is 30.0 Å². The van der Waals surface area contributed by atoms with E-state index in [9.17, 15) is 15.0 Å². The maximum absolute atomic E-state index is 13.4. The normalized spacial score (nSPS) is 20.5. The van der Waals surface area contributed by atoms with E-state index in [0.29, 0.717) is 29.5 Å². The summed E-state index contributed by atoms with van der Waals surface area (Å²) in [5, 5.41) is 28.5. The first-order valence-electron chi connectivity index (χ1n) is 9.65. The summed E-state index contributed by atoms with van der Waals surface area (Å²) in [6.07, 6.45) is 2.81. The number of carbonyl (C=O) groups excluding carboxylic acids is 1. The number of nitrogens with one attached hydrogen (secondary N) is 1. The van der Waals surface area contributed by atoms with Gasteiger partial charge >= 0.3 is 0 Å². The van der Waals surface area contributed by atoms with Crippen LogP contribution < -0.4 is 5.32 Å². The highest BCUT2D eigenvalue weighted by Gasteiger charge is 2.40. The predicted octanol–water partition coefficient (Wildman–Crippen LogP) is 3.83. The molecule has 1 aliphatic heterocycles. The Morgan fingerprint density at radius 2 is 1.87 bits per heavy atom. The molecule has 0 fully saturated rings. The van der Waals surface area contributed by atoms with Gasteiger partial charge in [0, 0.05) is 23.6 Å². The fraction of sp³-hybridized carbons (Fsp3) is 0.227. The third-order valence-electron chi connectivity index (χ3n) is 5.67. The van der Waals surface area contributed by atoms with E-state index in [2.05, 4.69) is 15.4 Å². The highest BCUT2D eigenvalue weighted by molar-refractivity contribution is 7.98. The molecule has 2 aliphatic rings. The van der Waals surface area contributed by atoms with Gasteiger partial charge < -0.3 is 15.5 Å². The quantitative estimate of drug-likeness (QED) is 0.554. The van der Waals surface area contributed by atoms with Crippen LogP contribution >= 0.6 is 11.8 Å². The van der Waals surface area contributed by atoms with E-state index in [0.717, 1.165) is 16.8 Å². The molecule has 0 spiro atoms. The predicted molar refractivity (Wildman–Crippen MR) is 114 cm³/mol. The van der Waals surface area contributed by atoms with Gasteiger partial charge in [-0.2, -0.15) is 4.98 Å². The van der Waals surface area contributed by atoms with Crippen molar-refractivity contribution >= 4 is 23.5 Å². The number of hydrogen-bond acceptors (Lipinski definition) is 7. The molecule has 1 aliphatic carbocycles. The number of rotatable bonds is 3. The number of benzene rings is 2. The van der Waals surface area contributed by atoms with Crippen LogP contribution in [0.3, 0.4) is 0 Å². The Kier molecular flexibility index (Phi) is 4.51. The number of Topliss-reactive ketones (excluding diaryl/α,β-unsaturated/α-hetero) is 1. The summed E-state index contributed by atoms with van der Waals surface area (Å²) in [5.41, 5.74) is 3.11. The summed E-state index contributed by atoms with van der Waals surface area (Å²) < 4.78 is 1.75. The van der Waals surface area contributed by atoms with Crippen molar-refractivity contribution < 1.29 is 15.0 Å². The number of hydrogen-bond donors (Lipinski definition) is 3. The molecule has 3 aromatic rings. The number of phenols is 2. The zero-order valence-corrected chi connectivity index (χ0v) is 17.1. The fourth-order valence-corrected chi connectivity index (χ4v) is 4.64. The van der Waals surface area contributed by atoms with Crippen molar-refractivity contribution in [2.24, 2.45) is 0 Å². The minimum absolute atomic E-state index is 0.0157. The Morgan fingerprint density at radius 3 is 2.60 bits per heavy atom. The number of aromatic hydroxyl groups is 2. The number of ketones is 1. The maximum atomic E-state index is 13.4. The Morgan fingerprint density at radius 1 is 1.10 bits per heavy atom. The van der Waals surface area contributed by atoms with Crippen LogP contribution in [0, 0.1) is 0 Å². The van der Waals surface area contributed by atoms with Gasteiger partial charge in [0.25, 0.3) is 0 Å². The summed E-state index contributed by atoms with van der Waals surface area (Å²) in [6.45, 7) is 0. The van der Waals surface area contributed by atoms with Gasteiger partial charge in [-0.05, 0) is 42.0 Å². The summed E-state index contributed by atoms with van der Waals surface area (Å²) in [7, 11) is 0. The molecule has 3 N–H and O–H groups in total. The molecular weight excluding hydrogens is 400 g/mol. The minimum Gasteiger partial charge on any atom is -0.508 e. The van der Waals surface area contributed by atoms with E-state index in [1.165, 1.54) is 11.8 Å². The Bertz CT molecular complexity index is 1170. The van der Waals surface area contributed by atoms with Crippen molar-refractivity contribution in [1.29, 1.82) is 0 Å². The van der Waals surface area contributed by atoms with Crippen molar-refractivity contribution in [3.05, 3.63) is 70.9 Å². The number of thioether (sulfide) groups is 1. The van der Waals surface area contributed by atoms with Gasteiger partial charge in [0.05, 0.1) is 0 Å². The smallest absolute Gasteiger partial charge is 0.227 e. The molecule has 2 atom stereocenters. The number of para-hydroxylation sites is 1. The van der Waals surface area contributed by atoms with Gasteiger partial charge in [-0.3, -0.25) is 4.79 Å². The van der Waals surface area contributed by atoms with Crippen molar-refractivity contribution in [3.63, 3.8) is 0 Å². The number of anilines is 1. The van der Waals surface area contributed by atoms with E-state index >= 15 is 0 Å². The summed E-state index contributed by atoms with van der Waals surface area (Å²) in [4.78, 5) is 17.9. The van der Waals surface area contributed by atoms with Crippen LogP contribution in [0.1, 0.15) is 35.9 Å². The van der Waals surface area contributed by atoms with Crippen molar-refractivity contribution in [1.82, 2.24) is 14.8 Å². The third kappa shape index (κ3) is 3.04. The second-order valence-corrected chi connectivity index (χ2v) is 8.24. The molecule has 5 rings (SSSR count). The summed E-state index contributed by atoms with van der Waals surface area (Å²) >= 11 is 1.44. The molecule has 0 radical (unpaired) electrons. The van der Waals surface area contributed by atoms with Gasteiger partial charge in [0.2, 0.25) is 11.1 Å². The highest BCUT2D eigenvalue weighted by atomic mass is 32.2. The van der Waals surface area contributed by atoms with Crippen LogP contribution in [0.4, 0.5) is 5.95 Å². The monoisotopic (exact) mass is 420 g/mol. The van der Waals surface area contributed by atoms with Crippen LogP contribution in [0.15, 0.2) is 65.0 Å². The van der Waals surface area contributed by atoms with Gasteiger partial charge in [-0.25, -0.2) is 4.68 Å². The first kappa shape index (κ1) is 18.7. The molecule has 1 aromatic heterocycles. The third-order valence-corrected chi connectivity index (χ3v) is 6.21. The lowest BCUT2D eigenvalue weighted by atomic mass is 9.77. The number of carbonyl (C=O) groups is 1. The van der Waals surface area contributed by atoms with Gasteiger partial charge in [-0.1, -0.05) is 42.1 Å². The second-order valence-electron chi connectivity index (χ2n) is 7.47. The molecule has 0 unspecified atom stereocenters. The standard InChI is InChI=1S/C22H20N4O3S/c1-30-22-24-21-23-16-10-13(15-4-2-3-5-17(15)28)11-18(29)19(16)20(26(21)25-22)12-6-8-14(27)9-7-12/h2-9,13,20,27-28H,10-11H2,1H3,(H,23,24,25)/t13-,20+/m0/s1. The first-order valence-corrected chi connectivity index (χ1v) is 10.9. The number of phenolic OH excluding ortho intramolecular Hbond substituents is 2. The summed E-state index contributed by atoms with van der Waals surface area (Å²) in [5.74, 6) is 0.863. The Labute approximate surface area is 177 Å². The maximum Gasteiger partial charge on any atom is 0.227 e. The molecule has 0 saturated heterocycles. The lowest BCUT2D eigenvalue weighted by molar-refractivity contribution is -0.116. The zero-order valence-electron chi connectivity index (χ0n) is 16.2. The van der Waals surface area contributed by atoms with Crippen LogP contribution in [0.5, 0.6) is 11.5 Å². The van der Waals surface area contributed by atoms with E-state index < -0.39 is 6.04 Å². The van der Waals surface area contributed by atoms with Crippen molar-refractivity contribution in [3.8, 4) is 11.5 Å². The molecule has 2 aromatic carbocycles. The first-order chi connectivity index (χ1) is 14.5. The minimum atomic E-state index is -0.414. The second kappa shape index (κ2) is 7.21. The molecule has 8 heteroatoms. The van der Waals surface area contributed by atoms with Gasteiger partial charge in [0.1, 0.15) is 17.5 Å². The topological polar surface area (TPSA) is 100 Å². The molecular formula is C22H20N4O3S. The number of aromatic nitrogens is 3. The average molecular weight is 420 g/mol. The molecule has 7 nitrogen and oxygen atoms in total. The fourth-order valence-electron chi connectivity index (χ4n) is 4.30. The van der Waals surface area contributed by atoms with Gasteiger partial charge in [0.15, 0.2) is 5.78 Å². The zero-order chi connectivity index (χ0) is 20.8. The van der Waals surface area contributed by atoms with E-state index in [-0.39, 0.29) is 23.2 Å². The van der Waals surface area contributed by atoms with E-state index in [4.69, 9.17) is 0 Å². The molecule has 0 saturated carbocycles. The van der Waals surface area contributed by atoms with Crippen LogP contribution in [0.25, 0.3) is 0 Å². The van der Waals surface area contributed by atoms with E-state index in [1.54, 1.807) is 28.9 Å². The summed E-state index contributed by atoms with van der Waals surface area (Å²) in [6, 6.07) is 13.6. The van der Waals surface area contributed by atoms with Crippen LogP contribution in [-0.2, 0) is 4.79 Å². The van der Waals surface area contributed by atoms with Crippen LogP contribution in [0.2, 0.25) is 0 Å². The van der Waals surface area contributed by atoms with E-state index in [1.807, 2.05) is 30.5 Å². The SMILES string of the molecule is CSc1nc2n(n1)[C@H](c1ccc(O)cc1)C1=C(C[C@H](c3ccccc3O)CC1=O)N2. The lowest BCUT2D eigenvalue weighted by Crippen LogP contribution is -2.33. The Hall–Kier alpha value is -3.26. The molecule has 0 amide bonds. The molecule has 2 heterocycles. The largest absolute Gasteiger partial charge is 0.508 e. The van der Waals surface area contributed by atoms with Gasteiger partial charge in [-0.15, -0.1) is 5.10 Å². The Balaban J connectivity index is 1.62. The lowest BCUT2D eigenvalue weighted by Gasteiger charge is -2.35. The molecule has 30 heavy (non-hydrogen) atoms. The number of nitrogens with zero attached hydrogens (tertiary/aromatic N) is 3. The molecule has 152 valence electrons. The number of fused-ring (bicyclic) bond motifs is 1. The number of allylic oxidation sites excluding steroid dienone is 2.